The number of benzene rings is 2. The number of carbonyl (C=O) groups is 1. The lowest BCUT2D eigenvalue weighted by Crippen LogP contribution is -2.39. The van der Waals surface area contributed by atoms with Gasteiger partial charge in [-0.15, -0.1) is 0 Å². The molecule has 0 bridgehead atoms. The van der Waals surface area contributed by atoms with Crippen LogP contribution in [0.15, 0.2) is 42.5 Å². The van der Waals surface area contributed by atoms with Crippen molar-refractivity contribution in [2.24, 2.45) is 0 Å². The Morgan fingerprint density at radius 1 is 1.07 bits per heavy atom. The van der Waals surface area contributed by atoms with Gasteiger partial charge in [0.25, 0.3) is 0 Å². The standard InChI is InChI=1S/C24H31N3O2S/c1-5-26(6-2)13-14-27(22(28)12-15-29-20-10-8-7-9-11-20)24-25-21-17-18(3)16-19(4)23(21)30-24/h7-11,16-17H,5-6,12-15H2,1-4H3. The van der Waals surface area contributed by atoms with Gasteiger partial charge in [-0.3, -0.25) is 9.69 Å². The van der Waals surface area contributed by atoms with Gasteiger partial charge in [0.2, 0.25) is 5.91 Å². The molecule has 0 unspecified atom stereocenters. The lowest BCUT2D eigenvalue weighted by atomic mass is 10.1. The van der Waals surface area contributed by atoms with Crippen molar-refractivity contribution in [2.75, 3.05) is 37.7 Å². The van der Waals surface area contributed by atoms with Crippen LogP contribution in [0.2, 0.25) is 0 Å². The Bertz CT molecular complexity index is 967. The van der Waals surface area contributed by atoms with Crippen molar-refractivity contribution in [1.82, 2.24) is 9.88 Å². The van der Waals surface area contributed by atoms with Crippen molar-refractivity contribution in [3.05, 3.63) is 53.6 Å². The van der Waals surface area contributed by atoms with E-state index in [0.717, 1.165) is 40.7 Å². The fourth-order valence-electron chi connectivity index (χ4n) is 3.50. The van der Waals surface area contributed by atoms with Crippen molar-refractivity contribution in [2.45, 2.75) is 34.1 Å². The quantitative estimate of drug-likeness (QED) is 0.456. The van der Waals surface area contributed by atoms with Crippen LogP contribution in [0.1, 0.15) is 31.4 Å². The van der Waals surface area contributed by atoms with Gasteiger partial charge in [-0.2, -0.15) is 0 Å². The second-order valence-electron chi connectivity index (χ2n) is 7.41. The lowest BCUT2D eigenvalue weighted by Gasteiger charge is -2.24. The number of nitrogens with zero attached hydrogens (tertiary/aromatic N) is 3. The summed E-state index contributed by atoms with van der Waals surface area (Å²) in [4.78, 5) is 22.1. The molecule has 0 N–H and O–H groups in total. The molecule has 5 nitrogen and oxygen atoms in total. The molecule has 0 atom stereocenters. The van der Waals surface area contributed by atoms with Crippen LogP contribution in [-0.2, 0) is 4.79 Å². The van der Waals surface area contributed by atoms with E-state index in [4.69, 9.17) is 9.72 Å². The number of hydrogen-bond acceptors (Lipinski definition) is 5. The number of thiazole rings is 1. The van der Waals surface area contributed by atoms with E-state index >= 15 is 0 Å². The van der Waals surface area contributed by atoms with Crippen molar-refractivity contribution >= 4 is 32.6 Å². The zero-order valence-electron chi connectivity index (χ0n) is 18.4. The third-order valence-electron chi connectivity index (χ3n) is 5.20. The van der Waals surface area contributed by atoms with E-state index in [-0.39, 0.29) is 5.91 Å². The average molecular weight is 426 g/mol. The molecule has 6 heteroatoms. The van der Waals surface area contributed by atoms with Gasteiger partial charge in [0.1, 0.15) is 5.75 Å². The van der Waals surface area contributed by atoms with Gasteiger partial charge in [-0.1, -0.05) is 49.4 Å². The van der Waals surface area contributed by atoms with Crippen molar-refractivity contribution in [1.29, 1.82) is 0 Å². The molecule has 0 radical (unpaired) electrons. The van der Waals surface area contributed by atoms with Crippen molar-refractivity contribution < 1.29 is 9.53 Å². The smallest absolute Gasteiger partial charge is 0.232 e. The zero-order valence-corrected chi connectivity index (χ0v) is 19.2. The van der Waals surface area contributed by atoms with Gasteiger partial charge in [0.15, 0.2) is 5.13 Å². The summed E-state index contributed by atoms with van der Waals surface area (Å²) in [5, 5.41) is 0.774. The molecular weight excluding hydrogens is 394 g/mol. The first-order valence-electron chi connectivity index (χ1n) is 10.6. The molecule has 1 amide bonds. The summed E-state index contributed by atoms with van der Waals surface area (Å²) in [5.41, 5.74) is 3.36. The maximum absolute atomic E-state index is 13.1. The first-order chi connectivity index (χ1) is 14.5. The molecule has 1 aromatic heterocycles. The first kappa shape index (κ1) is 22.2. The summed E-state index contributed by atoms with van der Waals surface area (Å²) in [5.74, 6) is 0.831. The number of hydrogen-bond donors (Lipinski definition) is 0. The minimum Gasteiger partial charge on any atom is -0.493 e. The second-order valence-corrected chi connectivity index (χ2v) is 8.39. The van der Waals surface area contributed by atoms with E-state index in [1.807, 2.05) is 35.2 Å². The highest BCUT2D eigenvalue weighted by Crippen LogP contribution is 2.32. The summed E-state index contributed by atoms with van der Waals surface area (Å²) >= 11 is 1.60. The normalized spacial score (nSPS) is 11.2. The monoisotopic (exact) mass is 425 g/mol. The molecule has 0 aliphatic carbocycles. The molecule has 2 aromatic carbocycles. The van der Waals surface area contributed by atoms with Crippen LogP contribution in [0.4, 0.5) is 5.13 Å². The molecule has 160 valence electrons. The largest absolute Gasteiger partial charge is 0.493 e. The molecule has 0 spiro atoms. The number of aromatic nitrogens is 1. The molecule has 1 heterocycles. The third-order valence-corrected chi connectivity index (χ3v) is 6.43. The number of para-hydroxylation sites is 1. The number of ether oxygens (including phenoxy) is 1. The van der Waals surface area contributed by atoms with E-state index in [0.29, 0.717) is 19.6 Å². The highest BCUT2D eigenvalue weighted by atomic mass is 32.1. The summed E-state index contributed by atoms with van der Waals surface area (Å²) in [6, 6.07) is 13.9. The summed E-state index contributed by atoms with van der Waals surface area (Å²) in [7, 11) is 0. The molecule has 0 saturated heterocycles. The summed E-state index contributed by atoms with van der Waals surface area (Å²) in [6.07, 6.45) is 0.321. The van der Waals surface area contributed by atoms with E-state index in [9.17, 15) is 4.79 Å². The molecule has 3 aromatic rings. The molecular formula is C24H31N3O2S. The molecule has 3 rings (SSSR count). The molecule has 0 aliphatic rings. The highest BCUT2D eigenvalue weighted by Gasteiger charge is 2.21. The Morgan fingerprint density at radius 3 is 2.50 bits per heavy atom. The van der Waals surface area contributed by atoms with Gasteiger partial charge >= 0.3 is 0 Å². The van der Waals surface area contributed by atoms with Crippen molar-refractivity contribution in [3.63, 3.8) is 0 Å². The Labute approximate surface area is 183 Å². The minimum atomic E-state index is 0.0477. The van der Waals surface area contributed by atoms with Crippen LogP contribution >= 0.6 is 11.3 Å². The highest BCUT2D eigenvalue weighted by molar-refractivity contribution is 7.22. The van der Waals surface area contributed by atoms with Crippen LogP contribution in [-0.4, -0.2) is 48.6 Å². The zero-order chi connectivity index (χ0) is 21.5. The fourth-order valence-corrected chi connectivity index (χ4v) is 4.56. The predicted octanol–water partition coefficient (Wildman–Crippen LogP) is 5.06. The molecule has 0 aliphatic heterocycles. The third kappa shape index (κ3) is 5.58. The second kappa shape index (κ2) is 10.5. The number of rotatable bonds is 10. The number of amides is 1. The number of carbonyl (C=O) groups excluding carboxylic acids is 1. The molecule has 0 fully saturated rings. The van der Waals surface area contributed by atoms with Gasteiger partial charge in [-0.05, 0) is 56.3 Å². The Kier molecular flexibility index (Phi) is 7.82. The van der Waals surface area contributed by atoms with E-state index < -0.39 is 0 Å². The Morgan fingerprint density at radius 2 is 1.80 bits per heavy atom. The van der Waals surface area contributed by atoms with Gasteiger partial charge < -0.3 is 9.64 Å². The molecule has 30 heavy (non-hydrogen) atoms. The van der Waals surface area contributed by atoms with E-state index in [1.54, 1.807) is 11.3 Å². The number of fused-ring (bicyclic) bond motifs is 1. The fraction of sp³-hybridized carbons (Fsp3) is 0.417. The van der Waals surface area contributed by atoms with Gasteiger partial charge in [0.05, 0.1) is 23.2 Å². The van der Waals surface area contributed by atoms with Crippen molar-refractivity contribution in [3.8, 4) is 5.75 Å². The maximum Gasteiger partial charge on any atom is 0.232 e. The molecule has 0 saturated carbocycles. The Balaban J connectivity index is 1.77. The topological polar surface area (TPSA) is 45.7 Å². The van der Waals surface area contributed by atoms with Crippen LogP contribution in [0.25, 0.3) is 10.2 Å². The van der Waals surface area contributed by atoms with E-state index in [1.165, 1.54) is 11.1 Å². The number of aryl methyl sites for hydroxylation is 2. The SMILES string of the molecule is CCN(CC)CCN(C(=O)CCOc1ccccc1)c1nc2cc(C)cc(C)c2s1. The first-order valence-corrected chi connectivity index (χ1v) is 11.4. The summed E-state index contributed by atoms with van der Waals surface area (Å²) < 4.78 is 6.90. The van der Waals surface area contributed by atoms with Crippen LogP contribution in [0.3, 0.4) is 0 Å². The predicted molar refractivity (Wildman–Crippen MR) is 126 cm³/mol. The van der Waals surface area contributed by atoms with Gasteiger partial charge in [-0.25, -0.2) is 4.98 Å². The van der Waals surface area contributed by atoms with E-state index in [2.05, 4.69) is 44.7 Å². The van der Waals surface area contributed by atoms with Crippen LogP contribution in [0, 0.1) is 13.8 Å². The van der Waals surface area contributed by atoms with Crippen LogP contribution in [0.5, 0.6) is 5.75 Å². The maximum atomic E-state index is 13.1. The Hall–Kier alpha value is -2.44. The average Bonchev–Trinajstić information content (AvgIpc) is 3.16. The summed E-state index contributed by atoms with van der Waals surface area (Å²) in [6.45, 7) is 12.2. The van der Waals surface area contributed by atoms with Crippen LogP contribution < -0.4 is 9.64 Å². The minimum absolute atomic E-state index is 0.0477. The lowest BCUT2D eigenvalue weighted by molar-refractivity contribution is -0.119. The number of anilines is 1. The van der Waals surface area contributed by atoms with Gasteiger partial charge in [0, 0.05) is 13.1 Å². The number of likely N-dealkylation sites (N-methyl/N-ethyl adjacent to an activating group) is 1.